The Morgan fingerprint density at radius 1 is 0.767 bits per heavy atom. The molecule has 0 atom stereocenters. The van der Waals surface area contributed by atoms with Crippen molar-refractivity contribution in [1.82, 2.24) is 5.32 Å². The predicted octanol–water partition coefficient (Wildman–Crippen LogP) is 5.35. The molecular formula is C25H30ClNO3. The van der Waals surface area contributed by atoms with Crippen LogP contribution in [0.25, 0.3) is 0 Å². The van der Waals surface area contributed by atoms with Gasteiger partial charge in [-0.05, 0) is 60.8 Å². The van der Waals surface area contributed by atoms with Crippen LogP contribution in [0.1, 0.15) is 22.3 Å². The lowest BCUT2D eigenvalue weighted by atomic mass is 10.1. The van der Waals surface area contributed by atoms with Crippen molar-refractivity contribution in [3.63, 3.8) is 0 Å². The van der Waals surface area contributed by atoms with Crippen LogP contribution < -0.4 is 19.5 Å². The number of benzene rings is 3. The second-order valence-electron chi connectivity index (χ2n) is 7.04. The molecule has 3 aromatic carbocycles. The number of nitrogens with one attached hydrogen (secondary N) is 1. The summed E-state index contributed by atoms with van der Waals surface area (Å²) in [6, 6.07) is 22.7. The fourth-order valence-electron chi connectivity index (χ4n) is 3.10. The number of hydrogen-bond donors (Lipinski definition) is 1. The summed E-state index contributed by atoms with van der Waals surface area (Å²) in [7, 11) is 3.31. The first kappa shape index (κ1) is 23.6. The summed E-state index contributed by atoms with van der Waals surface area (Å²) in [6.45, 7) is 4.35. The Balaban J connectivity index is 0.00000320. The Labute approximate surface area is 185 Å². The van der Waals surface area contributed by atoms with Gasteiger partial charge in [0.15, 0.2) is 11.5 Å². The molecule has 0 amide bonds. The maximum Gasteiger partial charge on any atom is 0.160 e. The van der Waals surface area contributed by atoms with E-state index in [2.05, 4.69) is 54.7 Å². The molecule has 0 spiro atoms. The van der Waals surface area contributed by atoms with Crippen molar-refractivity contribution < 1.29 is 14.2 Å². The Morgan fingerprint density at radius 3 is 2.23 bits per heavy atom. The first-order valence-electron chi connectivity index (χ1n) is 9.87. The first-order chi connectivity index (χ1) is 14.2. The molecule has 3 rings (SSSR count). The lowest BCUT2D eigenvalue weighted by molar-refractivity contribution is 0.306. The van der Waals surface area contributed by atoms with E-state index in [1.807, 2.05) is 24.3 Å². The largest absolute Gasteiger partial charge is 0.493 e. The van der Waals surface area contributed by atoms with Gasteiger partial charge >= 0.3 is 0 Å². The summed E-state index contributed by atoms with van der Waals surface area (Å²) in [4.78, 5) is 0. The van der Waals surface area contributed by atoms with E-state index in [0.717, 1.165) is 36.8 Å². The van der Waals surface area contributed by atoms with Gasteiger partial charge < -0.3 is 19.5 Å². The van der Waals surface area contributed by atoms with Crippen molar-refractivity contribution in [2.24, 2.45) is 0 Å². The molecule has 0 heterocycles. The highest BCUT2D eigenvalue weighted by Crippen LogP contribution is 2.27. The van der Waals surface area contributed by atoms with E-state index in [0.29, 0.717) is 6.61 Å². The number of rotatable bonds is 10. The summed E-state index contributed by atoms with van der Waals surface area (Å²) in [6.07, 6.45) is 0.921. The van der Waals surface area contributed by atoms with E-state index in [1.165, 1.54) is 22.3 Å². The number of hydrogen-bond acceptors (Lipinski definition) is 4. The maximum atomic E-state index is 5.94. The summed E-state index contributed by atoms with van der Waals surface area (Å²) >= 11 is 0. The highest BCUT2D eigenvalue weighted by molar-refractivity contribution is 5.85. The number of methoxy groups -OCH3 is 2. The summed E-state index contributed by atoms with van der Waals surface area (Å²) in [5.41, 5.74) is 4.85. The average Bonchev–Trinajstić information content (AvgIpc) is 2.76. The molecule has 0 fully saturated rings. The second-order valence-corrected chi connectivity index (χ2v) is 7.04. The zero-order valence-electron chi connectivity index (χ0n) is 17.8. The summed E-state index contributed by atoms with van der Waals surface area (Å²) in [5.74, 6) is 2.42. The Bertz CT molecular complexity index is 913. The minimum absolute atomic E-state index is 0. The van der Waals surface area contributed by atoms with Crippen molar-refractivity contribution in [2.75, 3.05) is 20.8 Å². The second kappa shape index (κ2) is 12.1. The topological polar surface area (TPSA) is 39.7 Å². The molecule has 4 nitrogen and oxygen atoms in total. The molecule has 0 unspecified atom stereocenters. The van der Waals surface area contributed by atoms with Crippen molar-refractivity contribution in [2.45, 2.75) is 26.5 Å². The van der Waals surface area contributed by atoms with Crippen molar-refractivity contribution in [3.8, 4) is 17.2 Å². The van der Waals surface area contributed by atoms with Crippen LogP contribution in [0.4, 0.5) is 0 Å². The highest BCUT2D eigenvalue weighted by atomic mass is 35.5. The van der Waals surface area contributed by atoms with Gasteiger partial charge in [0.25, 0.3) is 0 Å². The van der Waals surface area contributed by atoms with Crippen LogP contribution in [0.5, 0.6) is 17.2 Å². The van der Waals surface area contributed by atoms with E-state index < -0.39 is 0 Å². The molecule has 0 saturated heterocycles. The molecule has 0 radical (unpaired) electrons. The average molecular weight is 428 g/mol. The van der Waals surface area contributed by atoms with Crippen LogP contribution in [-0.4, -0.2) is 20.8 Å². The normalized spacial score (nSPS) is 10.2. The van der Waals surface area contributed by atoms with Gasteiger partial charge in [0.2, 0.25) is 0 Å². The van der Waals surface area contributed by atoms with Crippen LogP contribution in [0, 0.1) is 6.92 Å². The fraction of sp³-hybridized carbons (Fsp3) is 0.280. The predicted molar refractivity (Wildman–Crippen MR) is 124 cm³/mol. The Kier molecular flexibility index (Phi) is 9.52. The van der Waals surface area contributed by atoms with Gasteiger partial charge in [-0.3, -0.25) is 0 Å². The molecule has 0 aliphatic heterocycles. The van der Waals surface area contributed by atoms with E-state index in [9.17, 15) is 0 Å². The molecular weight excluding hydrogens is 398 g/mol. The lowest BCUT2D eigenvalue weighted by Gasteiger charge is -2.11. The third-order valence-corrected chi connectivity index (χ3v) is 4.79. The van der Waals surface area contributed by atoms with Crippen molar-refractivity contribution in [3.05, 3.63) is 89.0 Å². The van der Waals surface area contributed by atoms with E-state index in [1.54, 1.807) is 14.2 Å². The van der Waals surface area contributed by atoms with Crippen LogP contribution in [0.15, 0.2) is 66.7 Å². The molecule has 1 N–H and O–H groups in total. The standard InChI is InChI=1S/C25H29NO3.ClH/c1-19-7-9-21(10-8-19)18-29-23-6-4-5-22(15-23)17-26-14-13-20-11-12-24(27-2)25(16-20)28-3;/h4-12,15-16,26H,13-14,17-18H2,1-3H3;1H. The summed E-state index contributed by atoms with van der Waals surface area (Å²) in [5, 5.41) is 3.50. The van der Waals surface area contributed by atoms with Crippen molar-refractivity contribution in [1.29, 1.82) is 0 Å². The molecule has 30 heavy (non-hydrogen) atoms. The monoisotopic (exact) mass is 427 g/mol. The van der Waals surface area contributed by atoms with Crippen LogP contribution in [0.2, 0.25) is 0 Å². The van der Waals surface area contributed by atoms with E-state index in [-0.39, 0.29) is 12.4 Å². The molecule has 0 saturated carbocycles. The third-order valence-electron chi connectivity index (χ3n) is 4.79. The van der Waals surface area contributed by atoms with E-state index >= 15 is 0 Å². The van der Waals surface area contributed by atoms with Gasteiger partial charge in [-0.25, -0.2) is 0 Å². The highest BCUT2D eigenvalue weighted by Gasteiger charge is 2.04. The minimum Gasteiger partial charge on any atom is -0.493 e. The van der Waals surface area contributed by atoms with Gasteiger partial charge in [-0.15, -0.1) is 12.4 Å². The molecule has 5 heteroatoms. The van der Waals surface area contributed by atoms with Crippen LogP contribution >= 0.6 is 12.4 Å². The molecule has 0 aliphatic rings. The van der Waals surface area contributed by atoms with Gasteiger partial charge in [0.1, 0.15) is 12.4 Å². The minimum atomic E-state index is 0. The Hall–Kier alpha value is -2.69. The number of ether oxygens (including phenoxy) is 3. The Morgan fingerprint density at radius 2 is 1.50 bits per heavy atom. The smallest absolute Gasteiger partial charge is 0.160 e. The molecule has 0 aromatic heterocycles. The van der Waals surface area contributed by atoms with Crippen LogP contribution in [0.3, 0.4) is 0 Å². The van der Waals surface area contributed by atoms with Gasteiger partial charge in [-0.1, -0.05) is 48.0 Å². The number of halogens is 1. The zero-order valence-corrected chi connectivity index (χ0v) is 18.6. The third kappa shape index (κ3) is 6.97. The van der Waals surface area contributed by atoms with Crippen molar-refractivity contribution >= 4 is 12.4 Å². The van der Waals surface area contributed by atoms with Gasteiger partial charge in [0, 0.05) is 6.54 Å². The zero-order chi connectivity index (χ0) is 20.5. The van der Waals surface area contributed by atoms with Gasteiger partial charge in [-0.2, -0.15) is 0 Å². The molecule has 0 aliphatic carbocycles. The van der Waals surface area contributed by atoms with E-state index in [4.69, 9.17) is 14.2 Å². The van der Waals surface area contributed by atoms with Crippen LogP contribution in [-0.2, 0) is 19.6 Å². The molecule has 3 aromatic rings. The fourth-order valence-corrected chi connectivity index (χ4v) is 3.10. The number of aryl methyl sites for hydroxylation is 1. The quantitative estimate of drug-likeness (QED) is 0.443. The van der Waals surface area contributed by atoms with Gasteiger partial charge in [0.05, 0.1) is 14.2 Å². The maximum absolute atomic E-state index is 5.94. The lowest BCUT2D eigenvalue weighted by Crippen LogP contribution is -2.16. The molecule has 0 bridgehead atoms. The SMILES string of the molecule is COc1ccc(CCNCc2cccc(OCc3ccc(C)cc3)c2)cc1OC.Cl. The molecule has 160 valence electrons. The first-order valence-corrected chi connectivity index (χ1v) is 9.87. The summed E-state index contributed by atoms with van der Waals surface area (Å²) < 4.78 is 16.6.